The molecule has 2 aliphatic rings. The van der Waals surface area contributed by atoms with Crippen LogP contribution >= 0.6 is 8.20 Å². The maximum absolute atomic E-state index is 2.31. The Balaban J connectivity index is 1.81. The Morgan fingerprint density at radius 1 is 1.38 bits per heavy atom. The van der Waals surface area contributed by atoms with Gasteiger partial charge in [-0.1, -0.05) is 44.7 Å². The van der Waals surface area contributed by atoms with E-state index in [-0.39, 0.29) is 0 Å². The summed E-state index contributed by atoms with van der Waals surface area (Å²) in [5.41, 5.74) is 1.54. The zero-order valence-electron chi connectivity index (χ0n) is 7.77. The molecule has 2 rings (SSSR count). The van der Waals surface area contributed by atoms with Crippen molar-refractivity contribution in [3.63, 3.8) is 0 Å². The zero-order chi connectivity index (χ0) is 9.10. The van der Waals surface area contributed by atoms with Crippen molar-refractivity contribution in [1.82, 2.24) is 0 Å². The molecule has 0 saturated heterocycles. The summed E-state index contributed by atoms with van der Waals surface area (Å²) in [5, 5.41) is 1.49. The Hall–Kier alpha value is -0.870. The van der Waals surface area contributed by atoms with Crippen LogP contribution in [0.2, 0.25) is 0 Å². The third-order valence-corrected chi connectivity index (χ3v) is 3.32. The molecule has 0 bridgehead atoms. The summed E-state index contributed by atoms with van der Waals surface area (Å²) >= 11 is 0. The van der Waals surface area contributed by atoms with E-state index in [1.165, 1.54) is 25.5 Å². The van der Waals surface area contributed by atoms with Crippen molar-refractivity contribution in [2.24, 2.45) is 5.92 Å². The van der Waals surface area contributed by atoms with Crippen molar-refractivity contribution in [1.29, 1.82) is 0 Å². The quantitative estimate of drug-likeness (QED) is 0.358. The van der Waals surface area contributed by atoms with Crippen molar-refractivity contribution in [3.8, 4) is 0 Å². The third kappa shape index (κ3) is 2.29. The standard InChI is InChI=1S/C12H13P/c1-2-3-4-5-12-11(9-13-12)8-10-6-7-10/h2-7,9-10H,8H2,1H3/b3-2-,5-4-. The van der Waals surface area contributed by atoms with Crippen LogP contribution in [0.5, 0.6) is 0 Å². The smallest absolute Gasteiger partial charge is 0.00536 e. The Bertz CT molecular complexity index is 334. The van der Waals surface area contributed by atoms with Crippen LogP contribution in [-0.4, -0.2) is 5.29 Å². The van der Waals surface area contributed by atoms with Crippen molar-refractivity contribution < 1.29 is 0 Å². The molecule has 1 aliphatic heterocycles. The van der Waals surface area contributed by atoms with E-state index in [1.54, 1.807) is 0 Å². The lowest BCUT2D eigenvalue weighted by molar-refractivity contribution is 0.921. The first kappa shape index (κ1) is 8.72. The third-order valence-electron chi connectivity index (χ3n) is 2.17. The van der Waals surface area contributed by atoms with Crippen molar-refractivity contribution in [2.75, 3.05) is 0 Å². The minimum Gasteiger partial charge on any atom is -0.0877 e. The van der Waals surface area contributed by atoms with Gasteiger partial charge in [0.05, 0.1) is 0 Å². The van der Waals surface area contributed by atoms with Crippen molar-refractivity contribution in [3.05, 3.63) is 47.8 Å². The second kappa shape index (κ2) is 3.89. The molecular formula is C12H13P. The van der Waals surface area contributed by atoms with Crippen LogP contribution in [0.4, 0.5) is 0 Å². The normalized spacial score (nSPS) is 21.9. The van der Waals surface area contributed by atoms with Crippen LogP contribution in [0.3, 0.4) is 0 Å². The van der Waals surface area contributed by atoms with Crippen LogP contribution in [0.15, 0.2) is 47.8 Å². The minimum absolute atomic E-state index is 0.770. The Labute approximate surface area is 81.2 Å². The Kier molecular flexibility index (Phi) is 2.61. The summed E-state index contributed by atoms with van der Waals surface area (Å²) < 4.78 is 0. The van der Waals surface area contributed by atoms with Gasteiger partial charge in [-0.15, -0.1) is 0 Å². The van der Waals surface area contributed by atoms with E-state index in [9.17, 15) is 0 Å². The second-order valence-corrected chi connectivity index (χ2v) is 4.30. The van der Waals surface area contributed by atoms with E-state index in [4.69, 9.17) is 0 Å². The first-order valence-corrected chi connectivity index (χ1v) is 5.61. The predicted molar refractivity (Wildman–Crippen MR) is 61.2 cm³/mol. The molecule has 0 saturated carbocycles. The van der Waals surface area contributed by atoms with Gasteiger partial charge in [-0.3, -0.25) is 0 Å². The van der Waals surface area contributed by atoms with Gasteiger partial charge in [-0.05, 0) is 30.7 Å². The molecule has 0 spiro atoms. The van der Waals surface area contributed by atoms with Crippen molar-refractivity contribution >= 4 is 13.5 Å². The number of rotatable bonds is 4. The predicted octanol–water partition coefficient (Wildman–Crippen LogP) is 3.71. The highest BCUT2D eigenvalue weighted by Gasteiger charge is 2.17. The van der Waals surface area contributed by atoms with E-state index >= 15 is 0 Å². The molecule has 0 aromatic carbocycles. The highest BCUT2D eigenvalue weighted by Crippen LogP contribution is 2.33. The fourth-order valence-corrected chi connectivity index (χ4v) is 2.09. The molecule has 0 nitrogen and oxygen atoms in total. The molecular weight excluding hydrogens is 175 g/mol. The van der Waals surface area contributed by atoms with E-state index in [0.29, 0.717) is 0 Å². The molecule has 1 heterocycles. The molecule has 1 heteroatoms. The first-order valence-electron chi connectivity index (χ1n) is 4.65. The average Bonchev–Trinajstić information content (AvgIpc) is 2.90. The molecule has 0 atom stereocenters. The topological polar surface area (TPSA) is 0 Å². The van der Waals surface area contributed by atoms with E-state index in [1.807, 2.05) is 6.92 Å². The Morgan fingerprint density at radius 2 is 2.23 bits per heavy atom. The van der Waals surface area contributed by atoms with Crippen LogP contribution in [-0.2, 0) is 0 Å². The van der Waals surface area contributed by atoms with Gasteiger partial charge in [0.2, 0.25) is 0 Å². The van der Waals surface area contributed by atoms with Crippen LogP contribution in [0.1, 0.15) is 13.3 Å². The fourth-order valence-electron chi connectivity index (χ4n) is 1.26. The lowest BCUT2D eigenvalue weighted by atomic mass is 10.1. The highest BCUT2D eigenvalue weighted by atomic mass is 31.1. The molecule has 0 unspecified atom stereocenters. The molecule has 13 heavy (non-hydrogen) atoms. The summed E-state index contributed by atoms with van der Waals surface area (Å²) in [5.74, 6) is 3.09. The summed E-state index contributed by atoms with van der Waals surface area (Å²) in [6, 6.07) is 0. The second-order valence-electron chi connectivity index (χ2n) is 3.31. The molecule has 0 aromatic heterocycles. The number of hydrogen-bond donors (Lipinski definition) is 0. The average molecular weight is 188 g/mol. The lowest BCUT2D eigenvalue weighted by Crippen LogP contribution is -2.02. The van der Waals surface area contributed by atoms with Gasteiger partial charge >= 0.3 is 0 Å². The first-order chi connectivity index (χ1) is 6.40. The van der Waals surface area contributed by atoms with E-state index in [0.717, 1.165) is 5.92 Å². The monoisotopic (exact) mass is 188 g/mol. The van der Waals surface area contributed by atoms with Crippen LogP contribution < -0.4 is 0 Å². The Morgan fingerprint density at radius 3 is 2.77 bits per heavy atom. The minimum atomic E-state index is 0.770. The number of hydrogen-bond acceptors (Lipinski definition) is 0. The van der Waals surface area contributed by atoms with E-state index < -0.39 is 0 Å². The molecule has 66 valence electrons. The molecule has 0 N–H and O–H groups in total. The van der Waals surface area contributed by atoms with Gasteiger partial charge in [0.25, 0.3) is 0 Å². The number of allylic oxidation sites excluding steroid dienone is 7. The SMILES string of the molecule is C/C=C\C=C/C1=PC=C1CC1C=C1. The molecule has 0 amide bonds. The van der Waals surface area contributed by atoms with Crippen LogP contribution in [0, 0.1) is 5.92 Å². The molecule has 0 fully saturated rings. The van der Waals surface area contributed by atoms with Crippen LogP contribution in [0.25, 0.3) is 0 Å². The maximum atomic E-state index is 2.31. The maximum Gasteiger partial charge on any atom is 0.00536 e. The van der Waals surface area contributed by atoms with Gasteiger partial charge < -0.3 is 0 Å². The fraction of sp³-hybridized carbons (Fsp3) is 0.250. The van der Waals surface area contributed by atoms with Gasteiger partial charge in [-0.2, -0.15) is 0 Å². The molecule has 1 aliphatic carbocycles. The van der Waals surface area contributed by atoms with Gasteiger partial charge in [0.1, 0.15) is 0 Å². The summed E-state index contributed by atoms with van der Waals surface area (Å²) in [7, 11) is 1.39. The summed E-state index contributed by atoms with van der Waals surface area (Å²) in [6.07, 6.45) is 14.2. The van der Waals surface area contributed by atoms with E-state index in [2.05, 4.69) is 42.3 Å². The summed E-state index contributed by atoms with van der Waals surface area (Å²) in [4.78, 5) is 0. The van der Waals surface area contributed by atoms with Crippen molar-refractivity contribution in [2.45, 2.75) is 13.3 Å². The van der Waals surface area contributed by atoms with Gasteiger partial charge in [-0.25, -0.2) is 0 Å². The van der Waals surface area contributed by atoms with Gasteiger partial charge in [0, 0.05) is 5.29 Å². The molecule has 0 aromatic rings. The largest absolute Gasteiger partial charge is 0.0877 e. The van der Waals surface area contributed by atoms with Gasteiger partial charge in [0.15, 0.2) is 0 Å². The highest BCUT2D eigenvalue weighted by molar-refractivity contribution is 7.48. The zero-order valence-corrected chi connectivity index (χ0v) is 8.67. The lowest BCUT2D eigenvalue weighted by Gasteiger charge is -2.12. The summed E-state index contributed by atoms with van der Waals surface area (Å²) in [6.45, 7) is 2.04. The molecule has 0 radical (unpaired) electrons.